The number of nitrogens with zero attached hydrogens (tertiary/aromatic N) is 2. The lowest BCUT2D eigenvalue weighted by molar-refractivity contribution is -0.114. The van der Waals surface area contributed by atoms with Gasteiger partial charge in [0, 0.05) is 0 Å². The quantitative estimate of drug-likeness (QED) is 0.636. The highest BCUT2D eigenvalue weighted by atomic mass is 32.2. The number of thioether (sulfide) groups is 1. The monoisotopic (exact) mass is 282 g/mol. The first-order chi connectivity index (χ1) is 8.16. The van der Waals surface area contributed by atoms with Crippen molar-refractivity contribution in [3.8, 4) is 5.69 Å². The van der Waals surface area contributed by atoms with Gasteiger partial charge in [-0.05, 0) is 31.3 Å². The predicted molar refractivity (Wildman–Crippen MR) is 73.7 cm³/mol. The Hall–Kier alpha value is -0.980. The third-order valence-electron chi connectivity index (χ3n) is 1.93. The Morgan fingerprint density at radius 1 is 1.47 bits per heavy atom. The van der Waals surface area contributed by atoms with E-state index in [1.165, 1.54) is 23.1 Å². The van der Waals surface area contributed by atoms with Crippen LogP contribution in [0.1, 0.15) is 6.92 Å². The normalized spacial score (nSPS) is 10.4. The van der Waals surface area contributed by atoms with Crippen LogP contribution in [0.15, 0.2) is 34.7 Å². The van der Waals surface area contributed by atoms with Crippen molar-refractivity contribution in [2.75, 3.05) is 5.75 Å². The first-order valence-electron chi connectivity index (χ1n) is 4.94. The number of ketones is 1. The molecule has 17 heavy (non-hydrogen) atoms. The topological polar surface area (TPSA) is 34.9 Å². The maximum atomic E-state index is 10.9. The van der Waals surface area contributed by atoms with Gasteiger partial charge in [0.15, 0.2) is 8.29 Å². The van der Waals surface area contributed by atoms with Crippen LogP contribution in [0.25, 0.3) is 5.69 Å². The molecule has 0 saturated heterocycles. The number of hydrogen-bond donors (Lipinski definition) is 0. The molecule has 0 spiro atoms. The highest BCUT2D eigenvalue weighted by molar-refractivity contribution is 8.01. The molecule has 0 fully saturated rings. The molecule has 0 radical (unpaired) electrons. The van der Waals surface area contributed by atoms with Gasteiger partial charge in [-0.25, -0.2) is 4.68 Å². The molecule has 88 valence electrons. The number of carbonyl (C=O) groups excluding carboxylic acids is 1. The summed E-state index contributed by atoms with van der Waals surface area (Å²) >= 11 is 8.11. The molecule has 0 bridgehead atoms. The van der Waals surface area contributed by atoms with E-state index in [-0.39, 0.29) is 5.78 Å². The smallest absolute Gasteiger partial charge is 0.184 e. The minimum atomic E-state index is 0.141. The van der Waals surface area contributed by atoms with Crippen LogP contribution in [0, 0.1) is 3.95 Å². The van der Waals surface area contributed by atoms with E-state index in [0.717, 1.165) is 10.0 Å². The SMILES string of the molecule is CC(=O)CSc1nn(-c2ccccc2)c(=S)s1. The van der Waals surface area contributed by atoms with Crippen molar-refractivity contribution in [2.45, 2.75) is 11.3 Å². The number of carbonyl (C=O) groups is 1. The minimum Gasteiger partial charge on any atom is -0.299 e. The number of Topliss-reactive ketones (excluding diaryl/α,β-unsaturated/α-hetero) is 1. The number of aromatic nitrogens is 2. The zero-order valence-electron chi connectivity index (χ0n) is 9.12. The zero-order chi connectivity index (χ0) is 12.3. The average molecular weight is 282 g/mol. The Labute approximate surface area is 112 Å². The Bertz CT molecular complexity index is 574. The van der Waals surface area contributed by atoms with Gasteiger partial charge in [-0.15, -0.1) is 5.10 Å². The Balaban J connectivity index is 2.26. The van der Waals surface area contributed by atoms with E-state index in [0.29, 0.717) is 9.71 Å². The van der Waals surface area contributed by atoms with Crippen molar-refractivity contribution in [1.82, 2.24) is 9.78 Å². The summed E-state index contributed by atoms with van der Waals surface area (Å²) in [6.45, 7) is 1.57. The molecule has 1 aromatic heterocycles. The van der Waals surface area contributed by atoms with E-state index in [1.54, 1.807) is 11.6 Å². The van der Waals surface area contributed by atoms with Gasteiger partial charge in [-0.1, -0.05) is 41.3 Å². The first-order valence-corrected chi connectivity index (χ1v) is 7.15. The van der Waals surface area contributed by atoms with E-state index in [9.17, 15) is 4.79 Å². The van der Waals surface area contributed by atoms with Crippen LogP contribution in [0.4, 0.5) is 0 Å². The van der Waals surface area contributed by atoms with Crippen LogP contribution in [0.5, 0.6) is 0 Å². The van der Waals surface area contributed by atoms with E-state index in [2.05, 4.69) is 5.10 Å². The molecular formula is C11H10N2OS3. The van der Waals surface area contributed by atoms with Crippen molar-refractivity contribution < 1.29 is 4.79 Å². The van der Waals surface area contributed by atoms with E-state index in [1.807, 2.05) is 30.3 Å². The molecule has 0 aliphatic rings. The lowest BCUT2D eigenvalue weighted by atomic mass is 10.3. The third-order valence-corrected chi connectivity index (χ3v) is 4.44. The highest BCUT2D eigenvalue weighted by Crippen LogP contribution is 2.23. The fourth-order valence-corrected chi connectivity index (χ4v) is 3.38. The van der Waals surface area contributed by atoms with Gasteiger partial charge in [0.1, 0.15) is 5.78 Å². The summed E-state index contributed by atoms with van der Waals surface area (Å²) in [5, 5.41) is 4.39. The molecule has 2 aromatic rings. The molecule has 0 atom stereocenters. The molecule has 3 nitrogen and oxygen atoms in total. The molecule has 0 aliphatic carbocycles. The van der Waals surface area contributed by atoms with Gasteiger partial charge in [0.2, 0.25) is 0 Å². The molecule has 0 saturated carbocycles. The summed E-state index contributed by atoms with van der Waals surface area (Å²) in [6, 6.07) is 9.74. The van der Waals surface area contributed by atoms with E-state index < -0.39 is 0 Å². The largest absolute Gasteiger partial charge is 0.299 e. The maximum absolute atomic E-state index is 10.9. The summed E-state index contributed by atoms with van der Waals surface area (Å²) < 4.78 is 3.25. The second kappa shape index (κ2) is 5.57. The number of hydrogen-bond acceptors (Lipinski definition) is 5. The number of para-hydroxylation sites is 1. The Kier molecular flexibility index (Phi) is 4.09. The van der Waals surface area contributed by atoms with Crippen molar-refractivity contribution in [1.29, 1.82) is 0 Å². The summed E-state index contributed by atoms with van der Waals surface area (Å²) in [6.07, 6.45) is 0. The van der Waals surface area contributed by atoms with Gasteiger partial charge in [0.25, 0.3) is 0 Å². The molecule has 6 heteroatoms. The summed E-state index contributed by atoms with van der Waals surface area (Å²) in [7, 11) is 0. The fraction of sp³-hybridized carbons (Fsp3) is 0.182. The molecular weight excluding hydrogens is 272 g/mol. The zero-order valence-corrected chi connectivity index (χ0v) is 11.6. The van der Waals surface area contributed by atoms with Crippen LogP contribution in [-0.2, 0) is 4.79 Å². The van der Waals surface area contributed by atoms with Crippen molar-refractivity contribution in [3.63, 3.8) is 0 Å². The minimum absolute atomic E-state index is 0.141. The Morgan fingerprint density at radius 2 is 2.18 bits per heavy atom. The molecule has 1 aromatic carbocycles. The fourth-order valence-electron chi connectivity index (χ4n) is 1.21. The van der Waals surface area contributed by atoms with Crippen LogP contribution >= 0.6 is 35.3 Å². The van der Waals surface area contributed by atoms with Gasteiger partial charge in [-0.2, -0.15) is 0 Å². The van der Waals surface area contributed by atoms with E-state index >= 15 is 0 Å². The average Bonchev–Trinajstić information content (AvgIpc) is 2.69. The number of rotatable bonds is 4. The van der Waals surface area contributed by atoms with Crippen LogP contribution in [-0.4, -0.2) is 21.3 Å². The summed E-state index contributed by atoms with van der Waals surface area (Å²) in [5.41, 5.74) is 0.948. The van der Waals surface area contributed by atoms with Crippen molar-refractivity contribution in [3.05, 3.63) is 34.3 Å². The van der Waals surface area contributed by atoms with Gasteiger partial charge < -0.3 is 0 Å². The molecule has 0 aliphatic heterocycles. The molecule has 0 amide bonds. The van der Waals surface area contributed by atoms with Crippen molar-refractivity contribution in [2.24, 2.45) is 0 Å². The lowest BCUT2D eigenvalue weighted by Crippen LogP contribution is -1.96. The standard InChI is InChI=1S/C11H10N2OS3/c1-8(14)7-16-10-12-13(11(15)17-10)9-5-3-2-4-6-9/h2-6H,7H2,1H3. The van der Waals surface area contributed by atoms with Gasteiger partial charge >= 0.3 is 0 Å². The first kappa shape index (κ1) is 12.5. The van der Waals surface area contributed by atoms with Gasteiger partial charge in [-0.3, -0.25) is 4.79 Å². The summed E-state index contributed by atoms with van der Waals surface area (Å²) in [5.74, 6) is 0.583. The second-order valence-electron chi connectivity index (χ2n) is 3.37. The highest BCUT2D eigenvalue weighted by Gasteiger charge is 2.06. The third kappa shape index (κ3) is 3.24. The molecule has 0 unspecified atom stereocenters. The van der Waals surface area contributed by atoms with E-state index in [4.69, 9.17) is 12.2 Å². The lowest BCUT2D eigenvalue weighted by Gasteiger charge is -1.98. The van der Waals surface area contributed by atoms with Crippen LogP contribution in [0.3, 0.4) is 0 Å². The second-order valence-corrected chi connectivity index (χ2v) is 6.22. The summed E-state index contributed by atoms with van der Waals surface area (Å²) in [4.78, 5) is 10.9. The number of benzene rings is 1. The molecule has 2 rings (SSSR count). The molecule has 1 heterocycles. The van der Waals surface area contributed by atoms with Crippen LogP contribution in [0.2, 0.25) is 0 Å². The van der Waals surface area contributed by atoms with Crippen LogP contribution < -0.4 is 0 Å². The van der Waals surface area contributed by atoms with Gasteiger partial charge in [0.05, 0.1) is 11.4 Å². The predicted octanol–water partition coefficient (Wildman–Crippen LogP) is 3.34. The molecule has 0 N–H and O–H groups in total. The Morgan fingerprint density at radius 3 is 2.82 bits per heavy atom. The van der Waals surface area contributed by atoms with Crippen molar-refractivity contribution >= 4 is 41.1 Å². The maximum Gasteiger partial charge on any atom is 0.184 e.